The summed E-state index contributed by atoms with van der Waals surface area (Å²) >= 11 is 11.8. The van der Waals surface area contributed by atoms with E-state index in [2.05, 4.69) is 27.4 Å². The Balaban J connectivity index is 1.61. The average molecular weight is 438 g/mol. The van der Waals surface area contributed by atoms with Crippen LogP contribution < -0.4 is 0 Å². The molecule has 1 aliphatic heterocycles. The van der Waals surface area contributed by atoms with E-state index >= 15 is 0 Å². The number of rotatable bonds is 9. The van der Waals surface area contributed by atoms with Crippen LogP contribution in [0.1, 0.15) is 68.9 Å². The number of fused-ring (bicyclic) bond motifs is 1. The quantitative estimate of drug-likeness (QED) is 0.408. The summed E-state index contributed by atoms with van der Waals surface area (Å²) in [7, 11) is 0. The molecule has 2 aromatic rings. The zero-order valence-corrected chi connectivity index (χ0v) is 18.6. The van der Waals surface area contributed by atoms with Crippen LogP contribution in [0.2, 0.25) is 5.02 Å². The lowest BCUT2D eigenvalue weighted by Crippen LogP contribution is -2.34. The van der Waals surface area contributed by atoms with E-state index in [0.29, 0.717) is 0 Å². The molecule has 1 atom stereocenters. The van der Waals surface area contributed by atoms with Crippen LogP contribution in [0.4, 0.5) is 0 Å². The van der Waals surface area contributed by atoms with Crippen molar-refractivity contribution < 1.29 is 13.5 Å². The molecule has 0 saturated heterocycles. The minimum atomic E-state index is -0.547. The van der Waals surface area contributed by atoms with Crippen molar-refractivity contribution in [1.82, 2.24) is 4.90 Å². The highest BCUT2D eigenvalue weighted by Crippen LogP contribution is 2.36. The summed E-state index contributed by atoms with van der Waals surface area (Å²) in [4.78, 5) is 14.2. The van der Waals surface area contributed by atoms with Crippen LogP contribution in [-0.2, 0) is 22.0 Å². The van der Waals surface area contributed by atoms with Crippen molar-refractivity contribution in [2.45, 2.75) is 65.0 Å². The minimum Gasteiger partial charge on any atom is -0.469 e. The van der Waals surface area contributed by atoms with E-state index in [9.17, 15) is 4.79 Å². The highest BCUT2D eigenvalue weighted by molar-refractivity contribution is 6.31. The van der Waals surface area contributed by atoms with Gasteiger partial charge in [0.2, 0.25) is 0 Å². The highest BCUT2D eigenvalue weighted by atomic mass is 35.5. The average Bonchev–Trinajstić information content (AvgIpc) is 3.18. The smallest absolute Gasteiger partial charge is 0.330 e. The topological polar surface area (TPSA) is 42.7 Å². The van der Waals surface area contributed by atoms with Gasteiger partial charge in [-0.25, -0.2) is 4.79 Å². The van der Waals surface area contributed by atoms with Crippen LogP contribution in [0.5, 0.6) is 0 Å². The summed E-state index contributed by atoms with van der Waals surface area (Å²) in [6, 6.07) is 10.5. The number of carbonyl (C=O) groups excluding carboxylic acids is 1. The van der Waals surface area contributed by atoms with E-state index in [1.807, 2.05) is 26.0 Å². The van der Waals surface area contributed by atoms with Gasteiger partial charge in [0, 0.05) is 36.1 Å². The number of unbranched alkanes of at least 4 members (excludes halogenated alkanes) is 2. The van der Waals surface area contributed by atoms with Gasteiger partial charge in [-0.3, -0.25) is 4.90 Å². The summed E-state index contributed by atoms with van der Waals surface area (Å²) in [5.41, 5.74) is 1.91. The molecule has 29 heavy (non-hydrogen) atoms. The molecule has 0 saturated carbocycles. The third-order valence-electron chi connectivity index (χ3n) is 5.94. The van der Waals surface area contributed by atoms with Gasteiger partial charge in [-0.1, -0.05) is 49.1 Å². The normalized spacial score (nSPS) is 15.7. The molecule has 158 valence electrons. The number of benzene rings is 1. The fraction of sp³-hybridized carbons (Fsp3) is 0.522. The van der Waals surface area contributed by atoms with Crippen molar-refractivity contribution in [1.29, 1.82) is 0 Å². The second kappa shape index (κ2) is 10.0. The van der Waals surface area contributed by atoms with Gasteiger partial charge >= 0.3 is 5.97 Å². The lowest BCUT2D eigenvalue weighted by Gasteiger charge is -2.35. The largest absolute Gasteiger partial charge is 0.469 e. The number of hydrogen-bond donors (Lipinski definition) is 0. The number of carbonyl (C=O) groups is 1. The Hall–Kier alpha value is -1.49. The van der Waals surface area contributed by atoms with E-state index in [4.69, 9.17) is 27.9 Å². The first kappa shape index (κ1) is 22.2. The summed E-state index contributed by atoms with van der Waals surface area (Å²) in [5.74, 6) is 0.741. The number of halogens is 2. The summed E-state index contributed by atoms with van der Waals surface area (Å²) < 4.78 is 9.97. The van der Waals surface area contributed by atoms with Gasteiger partial charge in [-0.2, -0.15) is 0 Å². The van der Waals surface area contributed by atoms with Crippen LogP contribution >= 0.6 is 23.5 Å². The number of furan rings is 1. The van der Waals surface area contributed by atoms with E-state index in [1.165, 1.54) is 11.1 Å². The molecule has 0 spiro atoms. The first-order chi connectivity index (χ1) is 13.9. The molecular formula is C23H29Cl2NO3. The maximum atomic E-state index is 11.7. The Labute approximate surface area is 183 Å². The predicted octanol–water partition coefficient (Wildman–Crippen LogP) is 6.71. The van der Waals surface area contributed by atoms with Crippen LogP contribution in [0.15, 0.2) is 41.0 Å². The maximum absolute atomic E-state index is 11.7. The molecule has 3 rings (SSSR count). The van der Waals surface area contributed by atoms with Gasteiger partial charge < -0.3 is 8.71 Å². The molecule has 6 heteroatoms. The fourth-order valence-corrected chi connectivity index (χ4v) is 4.57. The Bertz CT molecular complexity index is 818. The molecule has 0 N–H and O–H groups in total. The zero-order valence-electron chi connectivity index (χ0n) is 17.1. The molecule has 0 fully saturated rings. The Morgan fingerprint density at radius 2 is 2.03 bits per heavy atom. The molecule has 4 nitrogen and oxygen atoms in total. The van der Waals surface area contributed by atoms with Crippen LogP contribution in [0, 0.1) is 5.41 Å². The molecule has 0 bridgehead atoms. The van der Waals surface area contributed by atoms with Crippen molar-refractivity contribution in [3.05, 3.63) is 58.5 Å². The van der Waals surface area contributed by atoms with Crippen LogP contribution in [0.25, 0.3) is 0 Å². The number of hydrogen-bond acceptors (Lipinski definition) is 4. The van der Waals surface area contributed by atoms with E-state index in [0.717, 1.165) is 62.4 Å². The molecule has 0 radical (unpaired) electrons. The number of nitrogens with zero attached hydrogens (tertiary/aromatic N) is 1. The van der Waals surface area contributed by atoms with Crippen molar-refractivity contribution in [2.75, 3.05) is 6.54 Å². The second-order valence-electron chi connectivity index (χ2n) is 8.47. The molecule has 1 aliphatic rings. The summed E-state index contributed by atoms with van der Waals surface area (Å²) in [6.45, 7) is 5.60. The van der Waals surface area contributed by atoms with Gasteiger partial charge in [0.1, 0.15) is 17.6 Å². The SMILES string of the molecule is CC(C)(CCCCCC(c1ccccc1Cl)N1CCc2occc2C1)C(=O)OCl. The third kappa shape index (κ3) is 5.56. The van der Waals surface area contributed by atoms with Gasteiger partial charge in [0.15, 0.2) is 0 Å². The zero-order chi connectivity index (χ0) is 20.9. The summed E-state index contributed by atoms with van der Waals surface area (Å²) in [6.07, 6.45) is 7.57. The van der Waals surface area contributed by atoms with Crippen molar-refractivity contribution in [2.24, 2.45) is 5.41 Å². The minimum absolute atomic E-state index is 0.271. The highest BCUT2D eigenvalue weighted by Gasteiger charge is 2.30. The maximum Gasteiger partial charge on any atom is 0.330 e. The van der Waals surface area contributed by atoms with Crippen LogP contribution in [0.3, 0.4) is 0 Å². The molecular weight excluding hydrogens is 409 g/mol. The summed E-state index contributed by atoms with van der Waals surface area (Å²) in [5, 5.41) is 0.821. The molecule has 1 aromatic heterocycles. The lowest BCUT2D eigenvalue weighted by molar-refractivity contribution is -0.143. The Morgan fingerprint density at radius 3 is 2.79 bits per heavy atom. The van der Waals surface area contributed by atoms with Crippen molar-refractivity contribution >= 4 is 29.4 Å². The Kier molecular flexibility index (Phi) is 7.66. The Morgan fingerprint density at radius 1 is 1.24 bits per heavy atom. The fourth-order valence-electron chi connectivity index (χ4n) is 4.10. The van der Waals surface area contributed by atoms with Gasteiger partial charge in [0.25, 0.3) is 0 Å². The molecule has 0 amide bonds. The third-order valence-corrected chi connectivity index (χ3v) is 6.43. The molecule has 0 aliphatic carbocycles. The van der Waals surface area contributed by atoms with E-state index < -0.39 is 5.41 Å². The van der Waals surface area contributed by atoms with E-state index in [-0.39, 0.29) is 12.0 Å². The van der Waals surface area contributed by atoms with Gasteiger partial charge in [-0.15, -0.1) is 0 Å². The van der Waals surface area contributed by atoms with Crippen LogP contribution in [-0.4, -0.2) is 17.4 Å². The second-order valence-corrected chi connectivity index (χ2v) is 9.04. The first-order valence-electron chi connectivity index (χ1n) is 10.3. The van der Waals surface area contributed by atoms with Crippen molar-refractivity contribution in [3.63, 3.8) is 0 Å². The molecule has 2 heterocycles. The molecule has 1 unspecified atom stereocenters. The predicted molar refractivity (Wildman–Crippen MR) is 116 cm³/mol. The van der Waals surface area contributed by atoms with Crippen molar-refractivity contribution in [3.8, 4) is 0 Å². The van der Waals surface area contributed by atoms with E-state index in [1.54, 1.807) is 6.26 Å². The van der Waals surface area contributed by atoms with Gasteiger partial charge in [0.05, 0.1) is 11.7 Å². The first-order valence-corrected chi connectivity index (χ1v) is 11.0. The lowest BCUT2D eigenvalue weighted by atomic mass is 9.86. The monoisotopic (exact) mass is 437 g/mol. The standard InChI is InChI=1S/C23H29Cl2NO3/c1-23(2,22(27)29-25)13-7-3-4-10-20(18-8-5-6-9-19(18)24)26-14-11-21-17(16-26)12-15-28-21/h5-6,8-9,12,15,20H,3-4,7,10-11,13-14,16H2,1-2H3. The molecule has 1 aromatic carbocycles. The van der Waals surface area contributed by atoms with Gasteiger partial charge in [-0.05, 0) is 44.4 Å².